The molecule has 8 N–H and O–H groups in total. The number of aliphatic carboxylic acids is 2. The molecule has 35 heavy (non-hydrogen) atoms. The second-order valence-corrected chi connectivity index (χ2v) is 8.82. The van der Waals surface area contributed by atoms with E-state index in [0.717, 1.165) is 0 Å². The van der Waals surface area contributed by atoms with Crippen LogP contribution in [0.3, 0.4) is 0 Å². The second-order valence-electron chi connectivity index (χ2n) is 8.82. The molecule has 0 spiro atoms. The number of amides is 3. The van der Waals surface area contributed by atoms with Crippen LogP contribution in [0.2, 0.25) is 0 Å². The molecule has 0 aliphatic carbocycles. The zero-order valence-electron chi connectivity index (χ0n) is 20.4. The van der Waals surface area contributed by atoms with Crippen LogP contribution in [0.4, 0.5) is 0 Å². The first-order chi connectivity index (χ1) is 16.4. The van der Waals surface area contributed by atoms with Crippen molar-refractivity contribution in [3.05, 3.63) is 18.2 Å². The number of nitrogens with one attached hydrogen (secondary N) is 4. The van der Waals surface area contributed by atoms with Gasteiger partial charge in [0, 0.05) is 24.7 Å². The lowest BCUT2D eigenvalue weighted by molar-refractivity contribution is -0.143. The molecular weight excluding hydrogens is 460 g/mol. The van der Waals surface area contributed by atoms with E-state index >= 15 is 0 Å². The molecule has 1 aromatic rings. The van der Waals surface area contributed by atoms with E-state index in [1.165, 1.54) is 12.5 Å². The molecule has 13 nitrogen and oxygen atoms in total. The molecule has 0 aromatic carbocycles. The van der Waals surface area contributed by atoms with Gasteiger partial charge >= 0.3 is 11.9 Å². The number of nitrogens with two attached hydrogens (primary N) is 1. The van der Waals surface area contributed by atoms with Crippen molar-refractivity contribution >= 4 is 29.7 Å². The summed E-state index contributed by atoms with van der Waals surface area (Å²) < 4.78 is 0. The third-order valence-electron chi connectivity index (χ3n) is 5.69. The molecule has 1 aromatic heterocycles. The van der Waals surface area contributed by atoms with Crippen molar-refractivity contribution in [1.82, 2.24) is 25.9 Å². The molecule has 1 rings (SSSR count). The third-order valence-corrected chi connectivity index (χ3v) is 5.69. The standard InChI is InChI=1S/C22H36N6O7/c1-5-12(4)18(28-20(32)17(23)11(2)3)21(33)27-15(8-13-9-24-10-25-13)19(31)26-14(22(34)35)6-7-16(29)30/h9-12,14-15,17-18H,5-8,23H2,1-4H3,(H,24,25)(H,26,31)(H,27,33)(H,28,32)(H,29,30)(H,34,35)/t12-,14-,15-,17-,18-/m0/s1. The zero-order valence-corrected chi connectivity index (χ0v) is 20.4. The number of aromatic nitrogens is 2. The maximum Gasteiger partial charge on any atom is 0.326 e. The second kappa shape index (κ2) is 14.0. The molecule has 13 heteroatoms. The van der Waals surface area contributed by atoms with Crippen LogP contribution in [-0.2, 0) is 30.4 Å². The number of carbonyl (C=O) groups is 5. The predicted octanol–water partition coefficient (Wildman–Crippen LogP) is -0.615. The van der Waals surface area contributed by atoms with E-state index in [0.29, 0.717) is 12.1 Å². The Labute approximate surface area is 203 Å². The fourth-order valence-electron chi connectivity index (χ4n) is 3.14. The van der Waals surface area contributed by atoms with Gasteiger partial charge in [-0.1, -0.05) is 34.1 Å². The monoisotopic (exact) mass is 496 g/mol. The average Bonchev–Trinajstić information content (AvgIpc) is 3.30. The lowest BCUT2D eigenvalue weighted by atomic mass is 9.96. The Morgan fingerprint density at radius 2 is 1.63 bits per heavy atom. The molecule has 3 amide bonds. The minimum absolute atomic E-state index is 0.0461. The largest absolute Gasteiger partial charge is 0.481 e. The number of hydrogen-bond donors (Lipinski definition) is 7. The van der Waals surface area contributed by atoms with E-state index in [9.17, 15) is 29.1 Å². The highest BCUT2D eigenvalue weighted by Gasteiger charge is 2.33. The van der Waals surface area contributed by atoms with Crippen molar-refractivity contribution in [3.8, 4) is 0 Å². The molecule has 0 radical (unpaired) electrons. The van der Waals surface area contributed by atoms with Crippen LogP contribution in [0, 0.1) is 11.8 Å². The molecule has 1 heterocycles. The lowest BCUT2D eigenvalue weighted by Crippen LogP contribution is -2.59. The molecule has 196 valence electrons. The Bertz CT molecular complexity index is 874. The number of carboxylic acid groups (broad SMARTS) is 2. The molecule has 0 aliphatic rings. The number of hydrogen-bond acceptors (Lipinski definition) is 7. The van der Waals surface area contributed by atoms with Crippen molar-refractivity contribution in [2.45, 2.75) is 77.5 Å². The Hall–Kier alpha value is -3.48. The number of rotatable bonds is 15. The van der Waals surface area contributed by atoms with Gasteiger partial charge in [0.05, 0.1) is 12.4 Å². The molecule has 0 unspecified atom stereocenters. The SMILES string of the molecule is CC[C@H](C)[C@H](NC(=O)[C@@H](N)C(C)C)C(=O)N[C@@H](Cc1cnc[nH]1)C(=O)N[C@@H](CCC(=O)O)C(=O)O. The van der Waals surface area contributed by atoms with Gasteiger partial charge in [-0.25, -0.2) is 9.78 Å². The van der Waals surface area contributed by atoms with E-state index < -0.39 is 60.2 Å². The Balaban J connectivity index is 3.10. The summed E-state index contributed by atoms with van der Waals surface area (Å²) in [4.78, 5) is 67.7. The van der Waals surface area contributed by atoms with Crippen LogP contribution in [-0.4, -0.2) is 74.0 Å². The minimum atomic E-state index is -1.46. The van der Waals surface area contributed by atoms with Gasteiger partial charge in [0.2, 0.25) is 17.7 Å². The molecule has 0 aliphatic heterocycles. The minimum Gasteiger partial charge on any atom is -0.481 e. The number of carbonyl (C=O) groups excluding carboxylic acids is 3. The Morgan fingerprint density at radius 1 is 1.00 bits per heavy atom. The van der Waals surface area contributed by atoms with Gasteiger partial charge in [0.25, 0.3) is 0 Å². The van der Waals surface area contributed by atoms with Crippen molar-refractivity contribution in [1.29, 1.82) is 0 Å². The highest BCUT2D eigenvalue weighted by Crippen LogP contribution is 2.11. The summed E-state index contributed by atoms with van der Waals surface area (Å²) in [6.45, 7) is 7.16. The highest BCUT2D eigenvalue weighted by molar-refractivity contribution is 5.94. The predicted molar refractivity (Wildman–Crippen MR) is 125 cm³/mol. The van der Waals surface area contributed by atoms with E-state index in [2.05, 4.69) is 25.9 Å². The van der Waals surface area contributed by atoms with Crippen LogP contribution >= 0.6 is 0 Å². The quantitative estimate of drug-likeness (QED) is 0.164. The third kappa shape index (κ3) is 9.73. The molecular formula is C22H36N6O7. The van der Waals surface area contributed by atoms with Crippen LogP contribution in [0.15, 0.2) is 12.5 Å². The Morgan fingerprint density at radius 3 is 2.11 bits per heavy atom. The summed E-state index contributed by atoms with van der Waals surface area (Å²) in [5.41, 5.74) is 6.40. The molecule has 0 bridgehead atoms. The number of nitrogens with zero attached hydrogens (tertiary/aromatic N) is 1. The topological polar surface area (TPSA) is 217 Å². The molecule has 0 fully saturated rings. The summed E-state index contributed by atoms with van der Waals surface area (Å²) in [6.07, 6.45) is 2.53. The van der Waals surface area contributed by atoms with Crippen molar-refractivity contribution in [2.75, 3.05) is 0 Å². The van der Waals surface area contributed by atoms with Crippen molar-refractivity contribution in [2.24, 2.45) is 17.6 Å². The zero-order chi connectivity index (χ0) is 26.7. The summed E-state index contributed by atoms with van der Waals surface area (Å²) in [5, 5.41) is 25.7. The summed E-state index contributed by atoms with van der Waals surface area (Å²) in [7, 11) is 0. The first-order valence-corrected chi connectivity index (χ1v) is 11.5. The molecule has 5 atom stereocenters. The van der Waals surface area contributed by atoms with E-state index in [1.54, 1.807) is 20.8 Å². The van der Waals surface area contributed by atoms with Gasteiger partial charge in [-0.3, -0.25) is 19.2 Å². The first-order valence-electron chi connectivity index (χ1n) is 11.5. The van der Waals surface area contributed by atoms with E-state index in [4.69, 9.17) is 10.8 Å². The number of aromatic amines is 1. The average molecular weight is 497 g/mol. The number of imidazole rings is 1. The van der Waals surface area contributed by atoms with Crippen LogP contribution in [0.25, 0.3) is 0 Å². The van der Waals surface area contributed by atoms with E-state index in [-0.39, 0.29) is 24.7 Å². The van der Waals surface area contributed by atoms with E-state index in [1.807, 2.05) is 6.92 Å². The number of H-pyrrole nitrogens is 1. The molecule has 0 saturated heterocycles. The van der Waals surface area contributed by atoms with Gasteiger partial charge in [-0.05, 0) is 18.3 Å². The van der Waals surface area contributed by atoms with Gasteiger partial charge < -0.3 is 36.9 Å². The molecule has 0 saturated carbocycles. The van der Waals surface area contributed by atoms with Crippen LogP contribution < -0.4 is 21.7 Å². The summed E-state index contributed by atoms with van der Waals surface area (Å²) in [6, 6.07) is -4.51. The van der Waals surface area contributed by atoms with Gasteiger partial charge in [-0.2, -0.15) is 0 Å². The lowest BCUT2D eigenvalue weighted by Gasteiger charge is -2.28. The normalized spacial score (nSPS) is 15.4. The van der Waals surface area contributed by atoms with Gasteiger partial charge in [-0.15, -0.1) is 0 Å². The summed E-state index contributed by atoms with van der Waals surface area (Å²) in [5.74, 6) is -5.03. The maximum absolute atomic E-state index is 13.2. The van der Waals surface area contributed by atoms with Crippen LogP contribution in [0.1, 0.15) is 52.7 Å². The highest BCUT2D eigenvalue weighted by atomic mass is 16.4. The van der Waals surface area contributed by atoms with Gasteiger partial charge in [0.1, 0.15) is 18.1 Å². The van der Waals surface area contributed by atoms with Crippen LogP contribution in [0.5, 0.6) is 0 Å². The fourth-order valence-corrected chi connectivity index (χ4v) is 3.14. The smallest absolute Gasteiger partial charge is 0.326 e. The fraction of sp³-hybridized carbons (Fsp3) is 0.636. The van der Waals surface area contributed by atoms with Gasteiger partial charge in [0.15, 0.2) is 0 Å². The number of carboxylic acids is 2. The first kappa shape index (κ1) is 29.6. The maximum atomic E-state index is 13.2. The van der Waals surface area contributed by atoms with Crippen molar-refractivity contribution in [3.63, 3.8) is 0 Å². The van der Waals surface area contributed by atoms with Crippen molar-refractivity contribution < 1.29 is 34.2 Å². The Kier molecular flexibility index (Phi) is 11.9. The summed E-state index contributed by atoms with van der Waals surface area (Å²) >= 11 is 0.